The summed E-state index contributed by atoms with van der Waals surface area (Å²) in [5.41, 5.74) is 3.40. The first kappa shape index (κ1) is 18.8. The SMILES string of the molecule is O=C(N/N=C\c1ccc(Oc2nc(Cl)ncc2F)cc1)c1ccccc1Cl. The van der Waals surface area contributed by atoms with E-state index in [4.69, 9.17) is 27.9 Å². The van der Waals surface area contributed by atoms with Crippen molar-refractivity contribution in [2.24, 2.45) is 5.10 Å². The van der Waals surface area contributed by atoms with Gasteiger partial charge in [-0.2, -0.15) is 14.5 Å². The number of benzene rings is 2. The topological polar surface area (TPSA) is 76.5 Å². The number of carbonyl (C=O) groups excluding carboxylic acids is 1. The quantitative estimate of drug-likeness (QED) is 0.386. The largest absolute Gasteiger partial charge is 0.436 e. The van der Waals surface area contributed by atoms with E-state index in [2.05, 4.69) is 20.5 Å². The van der Waals surface area contributed by atoms with Gasteiger partial charge in [0.05, 0.1) is 23.0 Å². The molecule has 0 bridgehead atoms. The monoisotopic (exact) mass is 404 g/mol. The molecule has 0 fully saturated rings. The maximum Gasteiger partial charge on any atom is 0.272 e. The van der Waals surface area contributed by atoms with Crippen molar-refractivity contribution in [3.8, 4) is 11.6 Å². The van der Waals surface area contributed by atoms with Crippen molar-refractivity contribution >= 4 is 35.3 Å². The molecule has 6 nitrogen and oxygen atoms in total. The summed E-state index contributed by atoms with van der Waals surface area (Å²) in [5.74, 6) is -1.08. The normalized spacial score (nSPS) is 10.8. The Balaban J connectivity index is 1.62. The van der Waals surface area contributed by atoms with Gasteiger partial charge in [0.2, 0.25) is 11.1 Å². The fourth-order valence-electron chi connectivity index (χ4n) is 2.01. The number of nitrogens with one attached hydrogen (secondary N) is 1. The van der Waals surface area contributed by atoms with E-state index < -0.39 is 11.7 Å². The number of carbonyl (C=O) groups is 1. The third-order valence-corrected chi connectivity index (χ3v) is 3.79. The van der Waals surface area contributed by atoms with Crippen LogP contribution in [-0.2, 0) is 0 Å². The van der Waals surface area contributed by atoms with Crippen molar-refractivity contribution in [1.82, 2.24) is 15.4 Å². The highest BCUT2D eigenvalue weighted by Gasteiger charge is 2.09. The number of amides is 1. The molecule has 0 saturated heterocycles. The Morgan fingerprint density at radius 2 is 1.89 bits per heavy atom. The number of aromatic nitrogens is 2. The van der Waals surface area contributed by atoms with Gasteiger partial charge in [-0.25, -0.2) is 10.4 Å². The first-order valence-electron chi connectivity index (χ1n) is 7.57. The number of hydrogen-bond acceptors (Lipinski definition) is 5. The molecule has 136 valence electrons. The lowest BCUT2D eigenvalue weighted by atomic mass is 10.2. The van der Waals surface area contributed by atoms with Gasteiger partial charge in [0.15, 0.2) is 0 Å². The zero-order chi connectivity index (χ0) is 19.2. The molecule has 0 aliphatic rings. The molecule has 2 aromatic carbocycles. The maximum absolute atomic E-state index is 13.6. The van der Waals surface area contributed by atoms with Crippen molar-refractivity contribution in [2.75, 3.05) is 0 Å². The summed E-state index contributed by atoms with van der Waals surface area (Å²) < 4.78 is 18.9. The summed E-state index contributed by atoms with van der Waals surface area (Å²) in [6, 6.07) is 13.2. The number of hydrazone groups is 1. The molecule has 27 heavy (non-hydrogen) atoms. The Morgan fingerprint density at radius 1 is 1.15 bits per heavy atom. The molecule has 1 aromatic heterocycles. The molecule has 3 rings (SSSR count). The zero-order valence-corrected chi connectivity index (χ0v) is 15.1. The van der Waals surface area contributed by atoms with Crippen LogP contribution in [0.15, 0.2) is 59.8 Å². The second-order valence-corrected chi connectivity index (χ2v) is 5.89. The number of ether oxygens (including phenoxy) is 1. The van der Waals surface area contributed by atoms with Crippen molar-refractivity contribution < 1.29 is 13.9 Å². The van der Waals surface area contributed by atoms with E-state index >= 15 is 0 Å². The third kappa shape index (κ3) is 4.99. The van der Waals surface area contributed by atoms with Gasteiger partial charge in [0.25, 0.3) is 11.8 Å². The van der Waals surface area contributed by atoms with E-state index in [9.17, 15) is 9.18 Å². The van der Waals surface area contributed by atoms with Crippen molar-refractivity contribution in [2.45, 2.75) is 0 Å². The highest BCUT2D eigenvalue weighted by Crippen LogP contribution is 2.23. The van der Waals surface area contributed by atoms with Crippen LogP contribution in [-0.4, -0.2) is 22.1 Å². The summed E-state index contributed by atoms with van der Waals surface area (Å²) in [7, 11) is 0. The summed E-state index contributed by atoms with van der Waals surface area (Å²) in [6.45, 7) is 0. The van der Waals surface area contributed by atoms with Gasteiger partial charge in [-0.3, -0.25) is 4.79 Å². The summed E-state index contributed by atoms with van der Waals surface area (Å²) in [4.78, 5) is 19.2. The molecule has 1 amide bonds. The molecule has 0 atom stereocenters. The van der Waals surface area contributed by atoms with Crippen LogP contribution in [0, 0.1) is 5.82 Å². The van der Waals surface area contributed by atoms with Gasteiger partial charge < -0.3 is 4.74 Å². The Kier molecular flexibility index (Phi) is 5.95. The van der Waals surface area contributed by atoms with Crippen LogP contribution in [0.2, 0.25) is 10.3 Å². The molecule has 0 aliphatic heterocycles. The summed E-state index contributed by atoms with van der Waals surface area (Å²) in [5, 5.41) is 4.09. The standard InChI is InChI=1S/C18H11Cl2FN4O2/c19-14-4-2-1-3-13(14)16(26)25-23-9-11-5-7-12(8-6-11)27-17-15(21)10-22-18(20)24-17/h1-10H,(H,25,26)/b23-9-. The van der Waals surface area contributed by atoms with E-state index in [-0.39, 0.29) is 11.2 Å². The van der Waals surface area contributed by atoms with Crippen molar-refractivity contribution in [3.05, 3.63) is 82.0 Å². The van der Waals surface area contributed by atoms with Crippen molar-refractivity contribution in [1.29, 1.82) is 0 Å². The molecule has 0 saturated carbocycles. The molecular formula is C18H11Cl2FN4O2. The van der Waals surface area contributed by atoms with Gasteiger partial charge in [-0.05, 0) is 53.6 Å². The minimum absolute atomic E-state index is 0.121. The highest BCUT2D eigenvalue weighted by atomic mass is 35.5. The van der Waals surface area contributed by atoms with Crippen LogP contribution in [0.25, 0.3) is 0 Å². The molecule has 3 aromatic rings. The Hall–Kier alpha value is -3.03. The minimum Gasteiger partial charge on any atom is -0.436 e. The summed E-state index contributed by atoms with van der Waals surface area (Å²) in [6.07, 6.45) is 2.37. The molecular weight excluding hydrogens is 394 g/mol. The molecule has 9 heteroatoms. The van der Waals surface area contributed by atoms with E-state index in [0.29, 0.717) is 21.9 Å². The minimum atomic E-state index is -0.729. The third-order valence-electron chi connectivity index (χ3n) is 3.28. The number of halogens is 3. The van der Waals surface area contributed by atoms with E-state index in [1.54, 1.807) is 48.5 Å². The fraction of sp³-hybridized carbons (Fsp3) is 0. The predicted molar refractivity (Wildman–Crippen MR) is 100 cm³/mol. The highest BCUT2D eigenvalue weighted by molar-refractivity contribution is 6.33. The molecule has 1 heterocycles. The lowest BCUT2D eigenvalue weighted by Gasteiger charge is -2.05. The van der Waals surface area contributed by atoms with Crippen LogP contribution in [0.1, 0.15) is 15.9 Å². The van der Waals surface area contributed by atoms with E-state index in [1.165, 1.54) is 6.21 Å². The van der Waals surface area contributed by atoms with Gasteiger partial charge >= 0.3 is 0 Å². The van der Waals surface area contributed by atoms with Gasteiger partial charge in [0, 0.05) is 0 Å². The first-order valence-corrected chi connectivity index (χ1v) is 8.32. The Morgan fingerprint density at radius 3 is 2.63 bits per heavy atom. The smallest absolute Gasteiger partial charge is 0.272 e. The van der Waals surface area contributed by atoms with Gasteiger partial charge in [-0.1, -0.05) is 23.7 Å². The van der Waals surface area contributed by atoms with Crippen LogP contribution >= 0.6 is 23.2 Å². The number of hydrogen-bond donors (Lipinski definition) is 1. The summed E-state index contributed by atoms with van der Waals surface area (Å²) >= 11 is 11.6. The Labute approximate surface area is 163 Å². The lowest BCUT2D eigenvalue weighted by Crippen LogP contribution is -2.17. The fourth-order valence-corrected chi connectivity index (χ4v) is 2.35. The second kappa shape index (κ2) is 8.57. The molecule has 0 unspecified atom stereocenters. The zero-order valence-electron chi connectivity index (χ0n) is 13.6. The second-order valence-electron chi connectivity index (χ2n) is 5.14. The van der Waals surface area contributed by atoms with E-state index in [0.717, 1.165) is 6.20 Å². The van der Waals surface area contributed by atoms with Gasteiger partial charge in [-0.15, -0.1) is 0 Å². The predicted octanol–water partition coefficient (Wildman–Crippen LogP) is 4.48. The molecule has 0 spiro atoms. The Bertz CT molecular complexity index is 997. The van der Waals surface area contributed by atoms with E-state index in [1.807, 2.05) is 0 Å². The van der Waals surface area contributed by atoms with Crippen LogP contribution in [0.5, 0.6) is 11.6 Å². The lowest BCUT2D eigenvalue weighted by molar-refractivity contribution is 0.0955. The maximum atomic E-state index is 13.6. The average Bonchev–Trinajstić information content (AvgIpc) is 2.66. The average molecular weight is 405 g/mol. The molecule has 0 aliphatic carbocycles. The molecule has 0 radical (unpaired) electrons. The molecule has 1 N–H and O–H groups in total. The van der Waals surface area contributed by atoms with Crippen LogP contribution in [0.3, 0.4) is 0 Å². The number of rotatable bonds is 5. The van der Waals surface area contributed by atoms with Crippen LogP contribution in [0.4, 0.5) is 4.39 Å². The van der Waals surface area contributed by atoms with Crippen molar-refractivity contribution in [3.63, 3.8) is 0 Å². The van der Waals surface area contributed by atoms with Gasteiger partial charge in [0.1, 0.15) is 5.75 Å². The first-order chi connectivity index (χ1) is 13.0. The number of nitrogens with zero attached hydrogens (tertiary/aromatic N) is 3. The van der Waals surface area contributed by atoms with Crippen LogP contribution < -0.4 is 10.2 Å².